The lowest BCUT2D eigenvalue weighted by atomic mass is 10.2. The Labute approximate surface area is 93.4 Å². The first-order chi connectivity index (χ1) is 7.13. The van der Waals surface area contributed by atoms with Crippen LogP contribution in [0.25, 0.3) is 0 Å². The molecule has 0 aromatic heterocycles. The van der Waals surface area contributed by atoms with E-state index in [0.717, 1.165) is 16.1 Å². The van der Waals surface area contributed by atoms with Gasteiger partial charge >= 0.3 is 0 Å². The molecule has 1 amide bonds. The van der Waals surface area contributed by atoms with Crippen LogP contribution in [-0.4, -0.2) is 11.7 Å². The second-order valence-electron chi connectivity index (χ2n) is 3.21. The number of nitrogens with one attached hydrogen (secondary N) is 1. The third kappa shape index (κ3) is 3.81. The molecule has 0 saturated carbocycles. The predicted octanol–water partition coefficient (Wildman–Crippen LogP) is 1.05. The van der Waals surface area contributed by atoms with Crippen molar-refractivity contribution in [1.82, 2.24) is 5.43 Å². The largest absolute Gasteiger partial charge is 0.398 e. The highest BCUT2D eigenvalue weighted by Gasteiger charge is 2.02. The number of rotatable bonds is 4. The number of carbonyl (C=O) groups excluding carboxylic acids is 1. The first kappa shape index (κ1) is 11.9. The van der Waals surface area contributed by atoms with Gasteiger partial charge in [-0.05, 0) is 24.6 Å². The van der Waals surface area contributed by atoms with Crippen molar-refractivity contribution in [2.24, 2.45) is 5.84 Å². The molecule has 0 aliphatic carbocycles. The van der Waals surface area contributed by atoms with Gasteiger partial charge in [0.15, 0.2) is 0 Å². The minimum atomic E-state index is -0.159. The molecule has 4 nitrogen and oxygen atoms in total. The van der Waals surface area contributed by atoms with Crippen LogP contribution >= 0.6 is 11.8 Å². The van der Waals surface area contributed by atoms with Crippen molar-refractivity contribution >= 4 is 23.4 Å². The van der Waals surface area contributed by atoms with Crippen molar-refractivity contribution in [3.63, 3.8) is 0 Å². The summed E-state index contributed by atoms with van der Waals surface area (Å²) in [7, 11) is 0. The Morgan fingerprint density at radius 1 is 1.53 bits per heavy atom. The molecular weight excluding hydrogens is 210 g/mol. The van der Waals surface area contributed by atoms with E-state index in [-0.39, 0.29) is 5.91 Å². The molecule has 0 bridgehead atoms. The number of thioether (sulfide) groups is 1. The second-order valence-corrected chi connectivity index (χ2v) is 4.34. The van der Waals surface area contributed by atoms with Crippen LogP contribution in [0.4, 0.5) is 5.69 Å². The Morgan fingerprint density at radius 2 is 2.27 bits per heavy atom. The summed E-state index contributed by atoms with van der Waals surface area (Å²) >= 11 is 1.56. The van der Waals surface area contributed by atoms with Gasteiger partial charge in [0, 0.05) is 22.8 Å². The summed E-state index contributed by atoms with van der Waals surface area (Å²) < 4.78 is 0. The summed E-state index contributed by atoms with van der Waals surface area (Å²) in [6, 6.07) is 5.85. The molecule has 5 heteroatoms. The van der Waals surface area contributed by atoms with E-state index in [1.807, 2.05) is 25.1 Å². The molecule has 82 valence electrons. The molecule has 0 unspecified atom stereocenters. The fourth-order valence-corrected chi connectivity index (χ4v) is 2.10. The van der Waals surface area contributed by atoms with Crippen molar-refractivity contribution < 1.29 is 4.79 Å². The topological polar surface area (TPSA) is 81.1 Å². The molecule has 0 fully saturated rings. The van der Waals surface area contributed by atoms with E-state index in [2.05, 4.69) is 5.43 Å². The Balaban J connectivity index is 2.50. The van der Waals surface area contributed by atoms with Gasteiger partial charge in [0.2, 0.25) is 5.91 Å². The number of hydrogen-bond acceptors (Lipinski definition) is 4. The summed E-state index contributed by atoms with van der Waals surface area (Å²) in [5.41, 5.74) is 9.80. The lowest BCUT2D eigenvalue weighted by Gasteiger charge is -2.05. The molecule has 1 rings (SSSR count). The number of benzene rings is 1. The summed E-state index contributed by atoms with van der Waals surface area (Å²) in [5.74, 6) is 5.49. The Bertz CT molecular complexity index is 355. The lowest BCUT2D eigenvalue weighted by molar-refractivity contribution is -0.120. The number of amides is 1. The number of nitrogen functional groups attached to an aromatic ring is 1. The summed E-state index contributed by atoms with van der Waals surface area (Å²) in [6.07, 6.45) is 0.397. The SMILES string of the molecule is Cc1ccc(N)c(SCCC(=O)NN)c1. The summed E-state index contributed by atoms with van der Waals surface area (Å²) in [4.78, 5) is 11.9. The van der Waals surface area contributed by atoms with Crippen LogP contribution in [-0.2, 0) is 4.79 Å². The highest BCUT2D eigenvalue weighted by atomic mass is 32.2. The van der Waals surface area contributed by atoms with Gasteiger partial charge in [0.05, 0.1) is 0 Å². The minimum Gasteiger partial charge on any atom is -0.398 e. The first-order valence-electron chi connectivity index (χ1n) is 4.62. The molecule has 0 aliphatic rings. The predicted molar refractivity (Wildman–Crippen MR) is 63.3 cm³/mol. The van der Waals surface area contributed by atoms with Gasteiger partial charge in [-0.25, -0.2) is 5.84 Å². The normalized spacial score (nSPS) is 10.0. The van der Waals surface area contributed by atoms with E-state index in [4.69, 9.17) is 11.6 Å². The number of aryl methyl sites for hydroxylation is 1. The zero-order valence-electron chi connectivity index (χ0n) is 8.62. The van der Waals surface area contributed by atoms with Crippen LogP contribution in [0, 0.1) is 6.92 Å². The summed E-state index contributed by atoms with van der Waals surface area (Å²) in [6.45, 7) is 2.01. The molecule has 0 atom stereocenters. The van der Waals surface area contributed by atoms with E-state index < -0.39 is 0 Å². The van der Waals surface area contributed by atoms with E-state index in [1.54, 1.807) is 11.8 Å². The lowest BCUT2D eigenvalue weighted by Crippen LogP contribution is -2.30. The molecular formula is C10H15N3OS. The zero-order chi connectivity index (χ0) is 11.3. The van der Waals surface area contributed by atoms with Crippen molar-refractivity contribution in [2.45, 2.75) is 18.2 Å². The third-order valence-electron chi connectivity index (χ3n) is 1.92. The standard InChI is InChI=1S/C10H15N3OS/c1-7-2-3-8(11)9(6-7)15-5-4-10(14)13-12/h2-3,6H,4-5,11-12H2,1H3,(H,13,14). The molecule has 0 heterocycles. The van der Waals surface area contributed by atoms with Gasteiger partial charge in [-0.1, -0.05) is 6.07 Å². The van der Waals surface area contributed by atoms with Crippen LogP contribution in [0.5, 0.6) is 0 Å². The van der Waals surface area contributed by atoms with Gasteiger partial charge in [0.25, 0.3) is 0 Å². The monoisotopic (exact) mass is 225 g/mol. The minimum absolute atomic E-state index is 0.159. The Hall–Kier alpha value is -1.20. The van der Waals surface area contributed by atoms with Crippen molar-refractivity contribution in [3.8, 4) is 0 Å². The van der Waals surface area contributed by atoms with Crippen LogP contribution in [0.1, 0.15) is 12.0 Å². The zero-order valence-corrected chi connectivity index (χ0v) is 9.43. The van der Waals surface area contributed by atoms with Gasteiger partial charge < -0.3 is 5.73 Å². The fourth-order valence-electron chi connectivity index (χ4n) is 1.09. The number of nitrogens with two attached hydrogens (primary N) is 2. The molecule has 0 saturated heterocycles. The van der Waals surface area contributed by atoms with Crippen molar-refractivity contribution in [1.29, 1.82) is 0 Å². The maximum atomic E-state index is 10.9. The molecule has 1 aromatic rings. The second kappa shape index (κ2) is 5.63. The average Bonchev–Trinajstić information content (AvgIpc) is 2.23. The molecule has 0 radical (unpaired) electrons. The smallest absolute Gasteiger partial charge is 0.234 e. The van der Waals surface area contributed by atoms with Crippen LogP contribution in [0.2, 0.25) is 0 Å². The number of anilines is 1. The van der Waals surface area contributed by atoms with Crippen molar-refractivity contribution in [3.05, 3.63) is 23.8 Å². The van der Waals surface area contributed by atoms with Crippen LogP contribution < -0.4 is 17.0 Å². The van der Waals surface area contributed by atoms with Gasteiger partial charge in [-0.3, -0.25) is 10.2 Å². The van der Waals surface area contributed by atoms with Crippen LogP contribution in [0.15, 0.2) is 23.1 Å². The van der Waals surface area contributed by atoms with E-state index in [1.165, 1.54) is 0 Å². The Kier molecular flexibility index (Phi) is 4.45. The highest BCUT2D eigenvalue weighted by molar-refractivity contribution is 7.99. The quantitative estimate of drug-likeness (QED) is 0.235. The van der Waals surface area contributed by atoms with E-state index >= 15 is 0 Å². The average molecular weight is 225 g/mol. The van der Waals surface area contributed by atoms with Gasteiger partial charge in [-0.2, -0.15) is 0 Å². The Morgan fingerprint density at radius 3 is 2.93 bits per heavy atom. The number of hydrogen-bond donors (Lipinski definition) is 3. The van der Waals surface area contributed by atoms with Crippen molar-refractivity contribution in [2.75, 3.05) is 11.5 Å². The summed E-state index contributed by atoms with van der Waals surface area (Å²) in [5, 5.41) is 0. The van der Waals surface area contributed by atoms with E-state index in [9.17, 15) is 4.79 Å². The van der Waals surface area contributed by atoms with E-state index in [0.29, 0.717) is 12.2 Å². The molecule has 1 aromatic carbocycles. The maximum Gasteiger partial charge on any atom is 0.234 e. The maximum absolute atomic E-state index is 10.9. The molecule has 0 spiro atoms. The third-order valence-corrected chi connectivity index (χ3v) is 2.99. The number of carbonyl (C=O) groups is 1. The van der Waals surface area contributed by atoms with Crippen LogP contribution in [0.3, 0.4) is 0 Å². The molecule has 15 heavy (non-hydrogen) atoms. The number of hydrazine groups is 1. The molecule has 5 N–H and O–H groups in total. The fraction of sp³-hybridized carbons (Fsp3) is 0.300. The van der Waals surface area contributed by atoms with Gasteiger partial charge in [0.1, 0.15) is 0 Å². The highest BCUT2D eigenvalue weighted by Crippen LogP contribution is 2.26. The molecule has 0 aliphatic heterocycles. The van der Waals surface area contributed by atoms with Gasteiger partial charge in [-0.15, -0.1) is 11.8 Å². The first-order valence-corrected chi connectivity index (χ1v) is 5.60.